The minimum atomic E-state index is 0.443. The first kappa shape index (κ1) is 15.3. The highest BCUT2D eigenvalue weighted by molar-refractivity contribution is 9.10. The molecule has 0 aliphatic rings. The molecule has 106 valence electrons. The van der Waals surface area contributed by atoms with E-state index in [4.69, 9.17) is 16.3 Å². The van der Waals surface area contributed by atoms with Crippen LogP contribution in [0.1, 0.15) is 26.0 Å². The second kappa shape index (κ2) is 7.04. The molecule has 3 nitrogen and oxygen atoms in total. The van der Waals surface area contributed by atoms with Gasteiger partial charge in [0.15, 0.2) is 5.82 Å². The zero-order valence-corrected chi connectivity index (χ0v) is 13.8. The van der Waals surface area contributed by atoms with Gasteiger partial charge in [-0.05, 0) is 53.0 Å². The number of hydrogen-bond acceptors (Lipinski definition) is 3. The zero-order chi connectivity index (χ0) is 14.5. The van der Waals surface area contributed by atoms with Gasteiger partial charge < -0.3 is 4.74 Å². The molecule has 0 bridgehead atoms. The molecular weight excluding hydrogens is 340 g/mol. The number of rotatable bonds is 5. The molecule has 0 atom stereocenters. The van der Waals surface area contributed by atoms with Crippen molar-refractivity contribution in [3.05, 3.63) is 39.6 Å². The summed E-state index contributed by atoms with van der Waals surface area (Å²) in [5.74, 6) is 1.49. The van der Waals surface area contributed by atoms with E-state index in [1.807, 2.05) is 31.2 Å². The number of halogens is 2. The maximum absolute atomic E-state index is 6.12. The third-order valence-corrected chi connectivity index (χ3v) is 4.13. The fraction of sp³-hybridized carbons (Fsp3) is 0.333. The van der Waals surface area contributed by atoms with E-state index in [0.29, 0.717) is 11.0 Å². The van der Waals surface area contributed by atoms with Crippen LogP contribution in [0.4, 0.5) is 0 Å². The van der Waals surface area contributed by atoms with Crippen molar-refractivity contribution in [3.63, 3.8) is 0 Å². The van der Waals surface area contributed by atoms with Gasteiger partial charge in [-0.15, -0.1) is 0 Å². The SMILES string of the molecule is CCCOc1ccc(-c2nc(Cl)c(Br)c(CC)n2)cc1. The number of aromatic nitrogens is 2. The van der Waals surface area contributed by atoms with E-state index in [0.717, 1.165) is 40.9 Å². The lowest BCUT2D eigenvalue weighted by Gasteiger charge is -2.08. The van der Waals surface area contributed by atoms with Gasteiger partial charge in [-0.25, -0.2) is 9.97 Å². The van der Waals surface area contributed by atoms with E-state index in [-0.39, 0.29) is 0 Å². The smallest absolute Gasteiger partial charge is 0.161 e. The van der Waals surface area contributed by atoms with Crippen LogP contribution in [-0.2, 0) is 6.42 Å². The van der Waals surface area contributed by atoms with Crippen LogP contribution in [0.5, 0.6) is 5.75 Å². The molecule has 1 aromatic carbocycles. The maximum atomic E-state index is 6.12. The van der Waals surface area contributed by atoms with Gasteiger partial charge in [0, 0.05) is 5.56 Å². The van der Waals surface area contributed by atoms with Crippen LogP contribution >= 0.6 is 27.5 Å². The van der Waals surface area contributed by atoms with Crippen molar-refractivity contribution < 1.29 is 4.74 Å². The quantitative estimate of drug-likeness (QED) is 0.715. The highest BCUT2D eigenvalue weighted by atomic mass is 79.9. The average Bonchev–Trinajstić information content (AvgIpc) is 2.48. The van der Waals surface area contributed by atoms with E-state index in [9.17, 15) is 0 Å². The maximum Gasteiger partial charge on any atom is 0.161 e. The highest BCUT2D eigenvalue weighted by Crippen LogP contribution is 2.28. The Balaban J connectivity index is 2.29. The molecule has 0 unspecified atom stereocenters. The summed E-state index contributed by atoms with van der Waals surface area (Å²) >= 11 is 9.53. The fourth-order valence-electron chi connectivity index (χ4n) is 1.75. The van der Waals surface area contributed by atoms with Crippen molar-refractivity contribution in [1.29, 1.82) is 0 Å². The van der Waals surface area contributed by atoms with Gasteiger partial charge in [0.2, 0.25) is 0 Å². The number of nitrogens with zero attached hydrogens (tertiary/aromatic N) is 2. The highest BCUT2D eigenvalue weighted by Gasteiger charge is 2.10. The van der Waals surface area contributed by atoms with Crippen LogP contribution in [0.15, 0.2) is 28.7 Å². The Morgan fingerprint density at radius 3 is 2.45 bits per heavy atom. The number of hydrogen-bond donors (Lipinski definition) is 0. The number of benzene rings is 1. The van der Waals surface area contributed by atoms with E-state index >= 15 is 0 Å². The van der Waals surface area contributed by atoms with Crippen molar-refractivity contribution in [2.45, 2.75) is 26.7 Å². The van der Waals surface area contributed by atoms with Crippen LogP contribution in [0.2, 0.25) is 5.15 Å². The largest absolute Gasteiger partial charge is 0.494 e. The van der Waals surface area contributed by atoms with Crippen LogP contribution in [0, 0.1) is 0 Å². The Hall–Kier alpha value is -1.13. The van der Waals surface area contributed by atoms with Crippen LogP contribution in [0.3, 0.4) is 0 Å². The average molecular weight is 356 g/mol. The second-order valence-electron chi connectivity index (χ2n) is 4.33. The van der Waals surface area contributed by atoms with Gasteiger partial charge in [-0.2, -0.15) is 0 Å². The summed E-state index contributed by atoms with van der Waals surface area (Å²) in [4.78, 5) is 8.84. The monoisotopic (exact) mass is 354 g/mol. The van der Waals surface area contributed by atoms with Crippen molar-refractivity contribution >= 4 is 27.5 Å². The summed E-state index contributed by atoms with van der Waals surface area (Å²) in [5.41, 5.74) is 1.84. The Labute approximate surface area is 132 Å². The van der Waals surface area contributed by atoms with Crippen LogP contribution < -0.4 is 4.74 Å². The predicted molar refractivity (Wildman–Crippen MR) is 85.3 cm³/mol. The van der Waals surface area contributed by atoms with Gasteiger partial charge in [0.05, 0.1) is 16.8 Å². The molecular formula is C15H16BrClN2O. The summed E-state index contributed by atoms with van der Waals surface area (Å²) < 4.78 is 6.33. The molecule has 20 heavy (non-hydrogen) atoms. The first-order chi connectivity index (χ1) is 9.65. The standard InChI is InChI=1S/C15H16BrClN2O/c1-3-9-20-11-7-5-10(6-8-11)15-18-12(4-2)13(16)14(17)19-15/h5-8H,3-4,9H2,1-2H3. The summed E-state index contributed by atoms with van der Waals surface area (Å²) in [5, 5.41) is 0.443. The summed E-state index contributed by atoms with van der Waals surface area (Å²) in [6, 6.07) is 7.75. The molecule has 0 saturated heterocycles. The molecule has 0 N–H and O–H groups in total. The molecule has 1 heterocycles. The predicted octanol–water partition coefficient (Wildman–Crippen LogP) is 4.91. The summed E-state index contributed by atoms with van der Waals surface area (Å²) in [6.07, 6.45) is 1.79. The van der Waals surface area contributed by atoms with E-state index in [1.54, 1.807) is 0 Å². The van der Waals surface area contributed by atoms with Gasteiger partial charge in [-0.3, -0.25) is 0 Å². The van der Waals surface area contributed by atoms with E-state index in [1.165, 1.54) is 0 Å². The molecule has 0 saturated carbocycles. The van der Waals surface area contributed by atoms with Crippen LogP contribution in [0.25, 0.3) is 11.4 Å². The third-order valence-electron chi connectivity index (χ3n) is 2.80. The lowest BCUT2D eigenvalue weighted by Crippen LogP contribution is -1.98. The topological polar surface area (TPSA) is 35.0 Å². The number of ether oxygens (including phenoxy) is 1. The summed E-state index contributed by atoms with van der Waals surface area (Å²) in [7, 11) is 0. The van der Waals surface area contributed by atoms with Gasteiger partial charge >= 0.3 is 0 Å². The molecule has 2 aromatic rings. The zero-order valence-electron chi connectivity index (χ0n) is 11.5. The Bertz CT molecular complexity index is 587. The van der Waals surface area contributed by atoms with Gasteiger partial charge in [-0.1, -0.05) is 25.4 Å². The van der Waals surface area contributed by atoms with Gasteiger partial charge in [0.25, 0.3) is 0 Å². The molecule has 0 aliphatic heterocycles. The third kappa shape index (κ3) is 3.49. The lowest BCUT2D eigenvalue weighted by molar-refractivity contribution is 0.317. The van der Waals surface area contributed by atoms with Gasteiger partial charge in [0.1, 0.15) is 10.9 Å². The molecule has 0 aliphatic carbocycles. The number of aryl methyl sites for hydroxylation is 1. The van der Waals surface area contributed by atoms with Crippen molar-refractivity contribution in [2.75, 3.05) is 6.61 Å². The van der Waals surface area contributed by atoms with Crippen molar-refractivity contribution in [3.8, 4) is 17.1 Å². The minimum absolute atomic E-state index is 0.443. The Morgan fingerprint density at radius 2 is 1.85 bits per heavy atom. The molecule has 2 rings (SSSR count). The lowest BCUT2D eigenvalue weighted by atomic mass is 10.2. The molecule has 0 fully saturated rings. The van der Waals surface area contributed by atoms with Crippen molar-refractivity contribution in [1.82, 2.24) is 9.97 Å². The first-order valence-corrected chi connectivity index (χ1v) is 7.78. The molecule has 0 spiro atoms. The minimum Gasteiger partial charge on any atom is -0.494 e. The van der Waals surface area contributed by atoms with E-state index < -0.39 is 0 Å². The molecule has 0 radical (unpaired) electrons. The fourth-order valence-corrected chi connectivity index (χ4v) is 2.39. The van der Waals surface area contributed by atoms with Crippen LogP contribution in [-0.4, -0.2) is 16.6 Å². The molecule has 5 heteroatoms. The Morgan fingerprint density at radius 1 is 1.15 bits per heavy atom. The van der Waals surface area contributed by atoms with E-state index in [2.05, 4.69) is 32.8 Å². The Kier molecular flexibility index (Phi) is 5.38. The molecule has 0 amide bonds. The van der Waals surface area contributed by atoms with Crippen molar-refractivity contribution in [2.24, 2.45) is 0 Å². The summed E-state index contributed by atoms with van der Waals surface area (Å²) in [6.45, 7) is 4.84. The second-order valence-corrected chi connectivity index (χ2v) is 5.48. The first-order valence-electron chi connectivity index (χ1n) is 6.60. The normalized spacial score (nSPS) is 10.6. The molecule has 1 aromatic heterocycles.